The van der Waals surface area contributed by atoms with Crippen molar-refractivity contribution in [1.29, 1.82) is 0 Å². The second kappa shape index (κ2) is 9.71. The SMILES string of the molecule is CCOc1ccccc1N1CC[NH+](CC(=O)NC[C@@H]2COc3ccccc3O2)CC1. The van der Waals surface area contributed by atoms with Gasteiger partial charge in [-0.15, -0.1) is 0 Å². The molecular formula is C23H30N3O4+. The number of benzene rings is 2. The highest BCUT2D eigenvalue weighted by molar-refractivity contribution is 5.76. The molecule has 2 heterocycles. The van der Waals surface area contributed by atoms with Crippen LogP contribution in [0.2, 0.25) is 0 Å². The normalized spacial score (nSPS) is 18.7. The van der Waals surface area contributed by atoms with Gasteiger partial charge in [-0.25, -0.2) is 0 Å². The number of carbonyl (C=O) groups excluding carboxylic acids is 1. The first-order valence-electron chi connectivity index (χ1n) is 10.7. The predicted molar refractivity (Wildman–Crippen MR) is 115 cm³/mol. The number of anilines is 1. The molecule has 0 aliphatic carbocycles. The Morgan fingerprint density at radius 3 is 2.67 bits per heavy atom. The lowest BCUT2D eigenvalue weighted by atomic mass is 10.2. The number of para-hydroxylation sites is 4. The maximum Gasteiger partial charge on any atom is 0.275 e. The van der Waals surface area contributed by atoms with E-state index >= 15 is 0 Å². The van der Waals surface area contributed by atoms with Crippen LogP contribution < -0.4 is 29.3 Å². The molecule has 2 N–H and O–H groups in total. The molecule has 0 radical (unpaired) electrons. The Hall–Kier alpha value is -2.93. The van der Waals surface area contributed by atoms with E-state index in [1.807, 2.05) is 49.4 Å². The van der Waals surface area contributed by atoms with E-state index in [9.17, 15) is 4.79 Å². The van der Waals surface area contributed by atoms with Gasteiger partial charge in [-0.05, 0) is 31.2 Å². The molecule has 2 aliphatic heterocycles. The third-order valence-corrected chi connectivity index (χ3v) is 5.48. The molecule has 2 aromatic carbocycles. The summed E-state index contributed by atoms with van der Waals surface area (Å²) in [5, 5.41) is 3.00. The molecule has 0 saturated carbocycles. The second-order valence-corrected chi connectivity index (χ2v) is 7.62. The molecule has 1 atom stereocenters. The molecule has 0 bridgehead atoms. The standard InChI is InChI=1S/C23H29N3O4/c1-2-28-20-8-4-3-7-19(20)26-13-11-25(12-14-26)16-23(27)24-15-18-17-29-21-9-5-6-10-22(21)30-18/h3-10,18H,2,11-17H2,1H3,(H,24,27)/p+1/t18-/m1/s1. The summed E-state index contributed by atoms with van der Waals surface area (Å²) in [6, 6.07) is 15.8. The van der Waals surface area contributed by atoms with Crippen LogP contribution in [0.15, 0.2) is 48.5 Å². The minimum atomic E-state index is -0.161. The highest BCUT2D eigenvalue weighted by atomic mass is 16.6. The molecule has 160 valence electrons. The minimum absolute atomic E-state index is 0.0515. The fourth-order valence-electron chi connectivity index (χ4n) is 3.92. The minimum Gasteiger partial charge on any atom is -0.492 e. The number of carbonyl (C=O) groups is 1. The first-order valence-corrected chi connectivity index (χ1v) is 10.7. The zero-order chi connectivity index (χ0) is 20.8. The number of hydrogen-bond acceptors (Lipinski definition) is 5. The topological polar surface area (TPSA) is 64.5 Å². The van der Waals surface area contributed by atoms with Gasteiger partial charge in [0.2, 0.25) is 0 Å². The van der Waals surface area contributed by atoms with Crippen LogP contribution in [0.25, 0.3) is 0 Å². The summed E-state index contributed by atoms with van der Waals surface area (Å²) in [7, 11) is 0. The number of nitrogens with one attached hydrogen (secondary N) is 2. The Kier molecular flexibility index (Phi) is 6.59. The summed E-state index contributed by atoms with van der Waals surface area (Å²) < 4.78 is 17.4. The van der Waals surface area contributed by atoms with Crippen molar-refractivity contribution in [3.63, 3.8) is 0 Å². The van der Waals surface area contributed by atoms with E-state index in [2.05, 4.69) is 16.3 Å². The van der Waals surface area contributed by atoms with Crippen molar-refractivity contribution in [2.24, 2.45) is 0 Å². The van der Waals surface area contributed by atoms with E-state index in [1.165, 1.54) is 4.90 Å². The first kappa shape index (κ1) is 20.3. The molecule has 30 heavy (non-hydrogen) atoms. The highest BCUT2D eigenvalue weighted by Crippen LogP contribution is 2.30. The predicted octanol–water partition coefficient (Wildman–Crippen LogP) is 0.746. The van der Waals surface area contributed by atoms with E-state index in [0.29, 0.717) is 26.3 Å². The molecular weight excluding hydrogens is 382 g/mol. The van der Waals surface area contributed by atoms with Crippen LogP contribution in [0.4, 0.5) is 5.69 Å². The molecule has 1 saturated heterocycles. The third-order valence-electron chi connectivity index (χ3n) is 5.48. The number of fused-ring (bicyclic) bond motifs is 1. The van der Waals surface area contributed by atoms with Crippen LogP contribution in [0.5, 0.6) is 17.2 Å². The Morgan fingerprint density at radius 2 is 1.87 bits per heavy atom. The summed E-state index contributed by atoms with van der Waals surface area (Å²) in [5.74, 6) is 2.47. The van der Waals surface area contributed by atoms with Gasteiger partial charge < -0.3 is 29.3 Å². The van der Waals surface area contributed by atoms with E-state index < -0.39 is 0 Å². The molecule has 7 heteroatoms. The summed E-state index contributed by atoms with van der Waals surface area (Å²) >= 11 is 0. The lowest BCUT2D eigenvalue weighted by Gasteiger charge is -2.34. The zero-order valence-electron chi connectivity index (χ0n) is 17.4. The monoisotopic (exact) mass is 412 g/mol. The molecule has 0 unspecified atom stereocenters. The summed E-state index contributed by atoms with van der Waals surface area (Å²) in [5.41, 5.74) is 1.14. The van der Waals surface area contributed by atoms with Crippen molar-refractivity contribution in [2.45, 2.75) is 13.0 Å². The van der Waals surface area contributed by atoms with Crippen LogP contribution in [0.3, 0.4) is 0 Å². The maximum absolute atomic E-state index is 12.4. The lowest BCUT2D eigenvalue weighted by Crippen LogP contribution is -3.16. The van der Waals surface area contributed by atoms with E-state index in [0.717, 1.165) is 49.1 Å². The van der Waals surface area contributed by atoms with Crippen molar-refractivity contribution >= 4 is 11.6 Å². The van der Waals surface area contributed by atoms with Crippen LogP contribution in [0, 0.1) is 0 Å². The maximum atomic E-state index is 12.4. The smallest absolute Gasteiger partial charge is 0.275 e. The van der Waals surface area contributed by atoms with E-state index in [1.54, 1.807) is 0 Å². The van der Waals surface area contributed by atoms with Crippen molar-refractivity contribution in [2.75, 3.05) is 57.4 Å². The Morgan fingerprint density at radius 1 is 1.13 bits per heavy atom. The summed E-state index contributed by atoms with van der Waals surface area (Å²) in [4.78, 5) is 16.1. The molecule has 2 aliphatic rings. The number of hydrogen-bond donors (Lipinski definition) is 2. The van der Waals surface area contributed by atoms with Crippen molar-refractivity contribution in [3.05, 3.63) is 48.5 Å². The largest absolute Gasteiger partial charge is 0.492 e. The van der Waals surface area contributed by atoms with Gasteiger partial charge in [0, 0.05) is 0 Å². The highest BCUT2D eigenvalue weighted by Gasteiger charge is 2.25. The number of quaternary nitrogens is 1. The van der Waals surface area contributed by atoms with Crippen LogP contribution >= 0.6 is 0 Å². The molecule has 2 aromatic rings. The van der Waals surface area contributed by atoms with Gasteiger partial charge in [-0.1, -0.05) is 24.3 Å². The van der Waals surface area contributed by atoms with Crippen molar-refractivity contribution in [3.8, 4) is 17.2 Å². The number of piperazine rings is 1. The van der Waals surface area contributed by atoms with Gasteiger partial charge in [-0.3, -0.25) is 4.79 Å². The van der Waals surface area contributed by atoms with Gasteiger partial charge in [-0.2, -0.15) is 0 Å². The van der Waals surface area contributed by atoms with Gasteiger partial charge >= 0.3 is 0 Å². The lowest BCUT2D eigenvalue weighted by molar-refractivity contribution is -0.892. The number of nitrogens with zero attached hydrogens (tertiary/aromatic N) is 1. The first-order chi connectivity index (χ1) is 14.7. The summed E-state index contributed by atoms with van der Waals surface area (Å²) in [6.45, 7) is 7.69. The Balaban J connectivity index is 1.21. The molecule has 0 aromatic heterocycles. The van der Waals surface area contributed by atoms with Crippen molar-refractivity contribution < 1.29 is 23.9 Å². The zero-order valence-corrected chi connectivity index (χ0v) is 17.4. The van der Waals surface area contributed by atoms with E-state index in [4.69, 9.17) is 14.2 Å². The van der Waals surface area contributed by atoms with Crippen molar-refractivity contribution in [1.82, 2.24) is 5.32 Å². The molecule has 1 amide bonds. The second-order valence-electron chi connectivity index (χ2n) is 7.62. The van der Waals surface area contributed by atoms with Gasteiger partial charge in [0.05, 0.1) is 45.0 Å². The number of ether oxygens (including phenoxy) is 3. The average molecular weight is 413 g/mol. The van der Waals surface area contributed by atoms with Crippen LogP contribution in [0.1, 0.15) is 6.92 Å². The average Bonchev–Trinajstić information content (AvgIpc) is 2.79. The molecule has 1 fully saturated rings. The Labute approximate surface area is 177 Å². The Bertz CT molecular complexity index is 852. The molecule has 4 rings (SSSR count). The fraction of sp³-hybridized carbons (Fsp3) is 0.435. The fourth-order valence-corrected chi connectivity index (χ4v) is 3.92. The van der Waals surface area contributed by atoms with Crippen LogP contribution in [-0.2, 0) is 4.79 Å². The third kappa shape index (κ3) is 4.97. The van der Waals surface area contributed by atoms with Gasteiger partial charge in [0.25, 0.3) is 5.91 Å². The van der Waals surface area contributed by atoms with E-state index in [-0.39, 0.29) is 12.0 Å². The quantitative estimate of drug-likeness (QED) is 0.703. The van der Waals surface area contributed by atoms with Crippen LogP contribution in [-0.4, -0.2) is 64.5 Å². The molecule has 7 nitrogen and oxygen atoms in total. The number of amides is 1. The number of rotatable bonds is 7. The molecule has 0 spiro atoms. The summed E-state index contributed by atoms with van der Waals surface area (Å²) in [6.07, 6.45) is -0.161. The van der Waals surface area contributed by atoms with Gasteiger partial charge in [0.1, 0.15) is 18.5 Å². The van der Waals surface area contributed by atoms with Gasteiger partial charge in [0.15, 0.2) is 18.0 Å².